The first kappa shape index (κ1) is 17.4. The quantitative estimate of drug-likeness (QED) is 0.574. The number of imidazole rings is 1. The maximum atomic E-state index is 10.7. The number of aromatic nitrogens is 4. The van der Waals surface area contributed by atoms with E-state index in [0.717, 1.165) is 25.7 Å². The van der Waals surface area contributed by atoms with Gasteiger partial charge in [0.2, 0.25) is 0 Å². The van der Waals surface area contributed by atoms with E-state index in [2.05, 4.69) is 15.0 Å². The number of nitrogens with two attached hydrogens (primary N) is 1. The highest BCUT2D eigenvalue weighted by Crippen LogP contribution is 2.39. The van der Waals surface area contributed by atoms with Crippen molar-refractivity contribution in [2.24, 2.45) is 0 Å². The van der Waals surface area contributed by atoms with E-state index in [9.17, 15) is 15.3 Å². The Morgan fingerprint density at radius 3 is 2.81 bits per heavy atom. The molecule has 0 bridgehead atoms. The fourth-order valence-corrected chi connectivity index (χ4v) is 3.72. The summed E-state index contributed by atoms with van der Waals surface area (Å²) >= 11 is 0. The molecule has 26 heavy (non-hydrogen) atoms. The number of nitrogens with zero attached hydrogens (tertiary/aromatic N) is 4. The van der Waals surface area contributed by atoms with Crippen LogP contribution in [0.5, 0.6) is 6.01 Å². The van der Waals surface area contributed by atoms with Crippen molar-refractivity contribution in [2.75, 3.05) is 12.3 Å². The molecule has 10 heteroatoms. The molecule has 2 fully saturated rings. The maximum Gasteiger partial charge on any atom is 0.320 e. The molecule has 1 saturated heterocycles. The van der Waals surface area contributed by atoms with E-state index in [1.54, 1.807) is 6.92 Å². The van der Waals surface area contributed by atoms with Gasteiger partial charge in [-0.15, -0.1) is 0 Å². The minimum atomic E-state index is -1.89. The molecule has 3 heterocycles. The third-order valence-electron chi connectivity index (χ3n) is 5.24. The van der Waals surface area contributed by atoms with Gasteiger partial charge in [-0.1, -0.05) is 0 Å². The van der Waals surface area contributed by atoms with E-state index in [-0.39, 0.29) is 17.9 Å². The SMILES string of the molecule is C[C@H]1O[C@@H](n2cnc3c(N)nc(OC4CCCC4)nc32)[C@](O)(CO)[C@@H]1O. The number of ether oxygens (including phenoxy) is 2. The van der Waals surface area contributed by atoms with Gasteiger partial charge in [0.15, 0.2) is 28.8 Å². The van der Waals surface area contributed by atoms with Crippen LogP contribution < -0.4 is 10.5 Å². The van der Waals surface area contributed by atoms with Crippen LogP contribution >= 0.6 is 0 Å². The fraction of sp³-hybridized carbons (Fsp3) is 0.688. The number of hydrogen-bond donors (Lipinski definition) is 4. The molecule has 0 spiro atoms. The van der Waals surface area contributed by atoms with Crippen LogP contribution in [-0.2, 0) is 4.74 Å². The minimum Gasteiger partial charge on any atom is -0.460 e. The zero-order valence-corrected chi connectivity index (χ0v) is 14.4. The number of aliphatic hydroxyl groups is 3. The van der Waals surface area contributed by atoms with Crippen molar-refractivity contribution in [1.29, 1.82) is 0 Å². The van der Waals surface area contributed by atoms with Crippen molar-refractivity contribution in [1.82, 2.24) is 19.5 Å². The molecular weight excluding hydrogens is 342 g/mol. The van der Waals surface area contributed by atoms with Crippen molar-refractivity contribution < 1.29 is 24.8 Å². The van der Waals surface area contributed by atoms with Crippen molar-refractivity contribution in [3.63, 3.8) is 0 Å². The zero-order valence-electron chi connectivity index (χ0n) is 14.4. The van der Waals surface area contributed by atoms with Crippen LogP contribution in [0.2, 0.25) is 0 Å². The third-order valence-corrected chi connectivity index (χ3v) is 5.24. The molecule has 5 N–H and O–H groups in total. The highest BCUT2D eigenvalue weighted by atomic mass is 16.6. The Morgan fingerprint density at radius 2 is 2.12 bits per heavy atom. The van der Waals surface area contributed by atoms with Crippen LogP contribution in [0.15, 0.2) is 6.33 Å². The van der Waals surface area contributed by atoms with Gasteiger partial charge in [0.1, 0.15) is 12.2 Å². The minimum absolute atomic E-state index is 0.0576. The Morgan fingerprint density at radius 1 is 1.38 bits per heavy atom. The smallest absolute Gasteiger partial charge is 0.320 e. The Bertz CT molecular complexity index is 808. The fourth-order valence-electron chi connectivity index (χ4n) is 3.72. The lowest BCUT2D eigenvalue weighted by molar-refractivity contribution is -0.132. The van der Waals surface area contributed by atoms with Gasteiger partial charge in [0, 0.05) is 0 Å². The number of hydrogen-bond acceptors (Lipinski definition) is 9. The monoisotopic (exact) mass is 365 g/mol. The summed E-state index contributed by atoms with van der Waals surface area (Å²) in [5, 5.41) is 30.6. The molecule has 0 unspecified atom stereocenters. The predicted octanol–water partition coefficient (Wildman–Crippen LogP) is -0.269. The van der Waals surface area contributed by atoms with Gasteiger partial charge in [-0.3, -0.25) is 4.57 Å². The summed E-state index contributed by atoms with van der Waals surface area (Å²) in [6.45, 7) is 0.928. The molecule has 2 aromatic heterocycles. The molecule has 1 saturated carbocycles. The first-order chi connectivity index (χ1) is 12.4. The number of fused-ring (bicyclic) bond motifs is 1. The van der Waals surface area contributed by atoms with Crippen molar-refractivity contribution in [3.8, 4) is 6.01 Å². The summed E-state index contributed by atoms with van der Waals surface area (Å²) in [4.78, 5) is 12.7. The van der Waals surface area contributed by atoms with Crippen LogP contribution in [0.4, 0.5) is 5.82 Å². The van der Waals surface area contributed by atoms with Gasteiger partial charge < -0.3 is 30.5 Å². The Kier molecular flexibility index (Phi) is 4.22. The molecule has 2 aliphatic rings. The highest BCUT2D eigenvalue weighted by Gasteiger charge is 2.55. The lowest BCUT2D eigenvalue weighted by Crippen LogP contribution is -2.49. The lowest BCUT2D eigenvalue weighted by atomic mass is 9.95. The van der Waals surface area contributed by atoms with E-state index in [0.29, 0.717) is 11.2 Å². The van der Waals surface area contributed by atoms with Crippen LogP contribution in [-0.4, -0.2) is 65.4 Å². The molecule has 1 aliphatic carbocycles. The largest absolute Gasteiger partial charge is 0.460 e. The van der Waals surface area contributed by atoms with Gasteiger partial charge in [-0.05, 0) is 32.6 Å². The van der Waals surface area contributed by atoms with Gasteiger partial charge in [0.25, 0.3) is 0 Å². The lowest BCUT2D eigenvalue weighted by Gasteiger charge is -2.29. The summed E-state index contributed by atoms with van der Waals surface area (Å²) in [5.41, 5.74) is 4.74. The number of aliphatic hydroxyl groups excluding tert-OH is 2. The summed E-state index contributed by atoms with van der Waals surface area (Å²) in [7, 11) is 0. The van der Waals surface area contributed by atoms with Crippen LogP contribution in [0, 0.1) is 0 Å². The summed E-state index contributed by atoms with van der Waals surface area (Å²) in [6.07, 6.45) is 2.54. The standard InChI is InChI=1S/C16H23N5O5/c1-8-11(23)16(24,6-22)14(25-8)21-7-18-10-12(17)19-15(20-13(10)21)26-9-4-2-3-5-9/h7-9,11,14,22-24H,2-6H2,1H3,(H2,17,19,20)/t8-,11-,14-,16+/m1/s1. The average molecular weight is 365 g/mol. The molecule has 0 radical (unpaired) electrons. The van der Waals surface area contributed by atoms with Crippen LogP contribution in [0.1, 0.15) is 38.8 Å². The molecule has 1 aliphatic heterocycles. The predicted molar refractivity (Wildman–Crippen MR) is 90.2 cm³/mol. The normalized spacial score (nSPS) is 32.5. The number of nitrogen functional groups attached to an aromatic ring is 1. The molecule has 0 amide bonds. The average Bonchev–Trinajstić information content (AvgIpc) is 3.32. The van der Waals surface area contributed by atoms with E-state index < -0.39 is 30.6 Å². The van der Waals surface area contributed by atoms with E-state index in [1.807, 2.05) is 0 Å². The van der Waals surface area contributed by atoms with Gasteiger partial charge in [-0.25, -0.2) is 4.98 Å². The first-order valence-electron chi connectivity index (χ1n) is 8.77. The molecule has 10 nitrogen and oxygen atoms in total. The Hall–Kier alpha value is -2.01. The highest BCUT2D eigenvalue weighted by molar-refractivity contribution is 5.82. The Balaban J connectivity index is 1.74. The van der Waals surface area contributed by atoms with Crippen molar-refractivity contribution >= 4 is 17.0 Å². The second-order valence-corrected chi connectivity index (χ2v) is 7.03. The summed E-state index contributed by atoms with van der Waals surface area (Å²) < 4.78 is 12.9. The molecule has 0 aromatic carbocycles. The van der Waals surface area contributed by atoms with E-state index >= 15 is 0 Å². The first-order valence-corrected chi connectivity index (χ1v) is 8.77. The second kappa shape index (κ2) is 6.31. The summed E-state index contributed by atoms with van der Waals surface area (Å²) in [5.74, 6) is 0.154. The van der Waals surface area contributed by atoms with E-state index in [1.165, 1.54) is 10.9 Å². The van der Waals surface area contributed by atoms with Crippen molar-refractivity contribution in [2.45, 2.75) is 62.7 Å². The number of rotatable bonds is 4. The van der Waals surface area contributed by atoms with Gasteiger partial charge in [-0.2, -0.15) is 9.97 Å². The second-order valence-electron chi connectivity index (χ2n) is 7.03. The molecule has 4 rings (SSSR count). The van der Waals surface area contributed by atoms with Crippen LogP contribution in [0.3, 0.4) is 0 Å². The molecule has 142 valence electrons. The van der Waals surface area contributed by atoms with Gasteiger partial charge in [0.05, 0.1) is 19.0 Å². The summed E-state index contributed by atoms with van der Waals surface area (Å²) in [6, 6.07) is 0.141. The molecular formula is C16H23N5O5. The zero-order chi connectivity index (χ0) is 18.5. The Labute approximate surface area is 149 Å². The third kappa shape index (κ3) is 2.60. The molecule has 2 aromatic rings. The van der Waals surface area contributed by atoms with Crippen LogP contribution in [0.25, 0.3) is 11.2 Å². The van der Waals surface area contributed by atoms with Gasteiger partial charge >= 0.3 is 6.01 Å². The maximum absolute atomic E-state index is 10.7. The van der Waals surface area contributed by atoms with Crippen molar-refractivity contribution in [3.05, 3.63) is 6.33 Å². The van der Waals surface area contributed by atoms with E-state index in [4.69, 9.17) is 15.2 Å². The topological polar surface area (TPSA) is 149 Å². The number of anilines is 1. The molecule has 4 atom stereocenters.